The van der Waals surface area contributed by atoms with E-state index in [4.69, 9.17) is 20.3 Å². The van der Waals surface area contributed by atoms with E-state index in [0.717, 1.165) is 5.56 Å². The van der Waals surface area contributed by atoms with Crippen LogP contribution in [-0.4, -0.2) is 50.0 Å². The van der Waals surface area contributed by atoms with E-state index >= 15 is 0 Å². The van der Waals surface area contributed by atoms with Gasteiger partial charge in [-0.15, -0.1) is 0 Å². The molecule has 0 aromatic heterocycles. The van der Waals surface area contributed by atoms with Crippen molar-refractivity contribution in [3.8, 4) is 11.5 Å². The fourth-order valence-electron chi connectivity index (χ4n) is 1.89. The summed E-state index contributed by atoms with van der Waals surface area (Å²) >= 11 is 0. The van der Waals surface area contributed by atoms with Gasteiger partial charge in [-0.3, -0.25) is 0 Å². The van der Waals surface area contributed by atoms with Gasteiger partial charge in [-0.2, -0.15) is 0 Å². The average Bonchev–Trinajstić information content (AvgIpc) is 2.46. The molecule has 20 heavy (non-hydrogen) atoms. The Bertz CT molecular complexity index is 437. The summed E-state index contributed by atoms with van der Waals surface area (Å²) in [5.74, 6) is 1.31. The first-order chi connectivity index (χ1) is 9.62. The number of methoxy groups -OCH3 is 2. The number of benzene rings is 1. The Morgan fingerprint density at radius 1 is 1.25 bits per heavy atom. The molecule has 6 nitrogen and oxygen atoms in total. The van der Waals surface area contributed by atoms with Crippen LogP contribution in [-0.2, 0) is 6.42 Å². The topological polar surface area (TPSA) is 85.0 Å². The number of nitrogens with zero attached hydrogens (tertiary/aromatic N) is 1. The Morgan fingerprint density at radius 2 is 1.95 bits per heavy atom. The van der Waals surface area contributed by atoms with Crippen LogP contribution in [0.15, 0.2) is 18.2 Å². The van der Waals surface area contributed by atoms with Crippen LogP contribution in [0.4, 0.5) is 4.79 Å². The first kappa shape index (κ1) is 16.1. The van der Waals surface area contributed by atoms with E-state index in [1.165, 1.54) is 4.90 Å². The number of carbonyl (C=O) groups is 1. The summed E-state index contributed by atoms with van der Waals surface area (Å²) in [6.45, 7) is 1.38. The number of hydrogen-bond donors (Lipinski definition) is 2. The molecule has 0 aliphatic carbocycles. The van der Waals surface area contributed by atoms with Gasteiger partial charge in [0, 0.05) is 13.1 Å². The second-order valence-corrected chi connectivity index (χ2v) is 4.35. The van der Waals surface area contributed by atoms with Gasteiger partial charge in [0.1, 0.15) is 0 Å². The van der Waals surface area contributed by atoms with E-state index in [2.05, 4.69) is 0 Å². The molecule has 0 radical (unpaired) electrons. The standard InChI is InChI=1S/C14H22N2O4/c1-19-12-5-4-11(10-13(12)20-2)6-9-16(14(17)18)8-3-7-15/h4-5,10H,3,6-9,15H2,1-2H3,(H,17,18). The van der Waals surface area contributed by atoms with Crippen LogP contribution in [0.1, 0.15) is 12.0 Å². The van der Waals surface area contributed by atoms with E-state index in [1.807, 2.05) is 18.2 Å². The van der Waals surface area contributed by atoms with Crippen molar-refractivity contribution >= 4 is 6.09 Å². The maximum absolute atomic E-state index is 11.1. The second-order valence-electron chi connectivity index (χ2n) is 4.35. The molecular formula is C14H22N2O4. The van der Waals surface area contributed by atoms with Crippen molar-refractivity contribution in [2.24, 2.45) is 5.73 Å². The number of hydrogen-bond acceptors (Lipinski definition) is 4. The van der Waals surface area contributed by atoms with Crippen molar-refractivity contribution in [3.05, 3.63) is 23.8 Å². The van der Waals surface area contributed by atoms with Crippen molar-refractivity contribution in [1.82, 2.24) is 4.90 Å². The molecule has 0 heterocycles. The summed E-state index contributed by atoms with van der Waals surface area (Å²) in [5, 5.41) is 9.10. The van der Waals surface area contributed by atoms with Crippen LogP contribution in [0, 0.1) is 0 Å². The highest BCUT2D eigenvalue weighted by molar-refractivity contribution is 5.64. The van der Waals surface area contributed by atoms with Crippen LogP contribution in [0.2, 0.25) is 0 Å². The van der Waals surface area contributed by atoms with Crippen LogP contribution < -0.4 is 15.2 Å². The number of ether oxygens (including phenoxy) is 2. The molecule has 1 rings (SSSR count). The Morgan fingerprint density at radius 3 is 2.50 bits per heavy atom. The van der Waals surface area contributed by atoms with Gasteiger partial charge in [0.15, 0.2) is 11.5 Å². The van der Waals surface area contributed by atoms with Crippen molar-refractivity contribution in [2.75, 3.05) is 33.9 Å². The Balaban J connectivity index is 2.65. The van der Waals surface area contributed by atoms with Crippen molar-refractivity contribution < 1.29 is 19.4 Å². The molecule has 1 aromatic rings. The quantitative estimate of drug-likeness (QED) is 0.756. The molecule has 0 spiro atoms. The third kappa shape index (κ3) is 4.62. The van der Waals surface area contributed by atoms with Crippen LogP contribution >= 0.6 is 0 Å². The Kier molecular flexibility index (Phi) is 6.66. The minimum absolute atomic E-state index is 0.435. The lowest BCUT2D eigenvalue weighted by atomic mass is 10.1. The molecule has 3 N–H and O–H groups in total. The zero-order valence-electron chi connectivity index (χ0n) is 12.0. The predicted molar refractivity (Wildman–Crippen MR) is 76.5 cm³/mol. The molecule has 0 saturated heterocycles. The summed E-state index contributed by atoms with van der Waals surface area (Å²) in [7, 11) is 3.16. The van der Waals surface area contributed by atoms with E-state index < -0.39 is 6.09 Å². The predicted octanol–water partition coefficient (Wildman–Crippen LogP) is 1.58. The number of amides is 1. The fraction of sp³-hybridized carbons (Fsp3) is 0.500. The molecule has 112 valence electrons. The van der Waals surface area contributed by atoms with Crippen molar-refractivity contribution in [3.63, 3.8) is 0 Å². The van der Waals surface area contributed by atoms with Gasteiger partial charge in [-0.1, -0.05) is 6.07 Å². The average molecular weight is 282 g/mol. The lowest BCUT2D eigenvalue weighted by Gasteiger charge is -2.19. The first-order valence-electron chi connectivity index (χ1n) is 6.51. The molecule has 1 aromatic carbocycles. The Hall–Kier alpha value is -1.95. The molecule has 0 aliphatic heterocycles. The zero-order valence-corrected chi connectivity index (χ0v) is 12.0. The van der Waals surface area contributed by atoms with Gasteiger partial charge in [0.2, 0.25) is 0 Å². The van der Waals surface area contributed by atoms with Crippen molar-refractivity contribution in [2.45, 2.75) is 12.8 Å². The summed E-state index contributed by atoms with van der Waals surface area (Å²) in [4.78, 5) is 12.5. The highest BCUT2D eigenvalue weighted by atomic mass is 16.5. The summed E-state index contributed by atoms with van der Waals surface area (Å²) in [6.07, 6.45) is 0.370. The molecule has 0 aliphatic rings. The third-order valence-electron chi connectivity index (χ3n) is 3.02. The molecule has 0 fully saturated rings. The van der Waals surface area contributed by atoms with Crippen molar-refractivity contribution in [1.29, 1.82) is 0 Å². The van der Waals surface area contributed by atoms with Gasteiger partial charge in [0.05, 0.1) is 14.2 Å². The smallest absolute Gasteiger partial charge is 0.407 e. The molecule has 0 bridgehead atoms. The monoisotopic (exact) mass is 282 g/mol. The normalized spacial score (nSPS) is 10.2. The largest absolute Gasteiger partial charge is 0.493 e. The highest BCUT2D eigenvalue weighted by Crippen LogP contribution is 2.27. The van der Waals surface area contributed by atoms with Gasteiger partial charge >= 0.3 is 6.09 Å². The molecule has 1 amide bonds. The summed E-state index contributed by atoms with van der Waals surface area (Å²) < 4.78 is 10.4. The van der Waals surface area contributed by atoms with Crippen LogP contribution in [0.25, 0.3) is 0 Å². The summed E-state index contributed by atoms with van der Waals surface area (Å²) in [6, 6.07) is 5.59. The van der Waals surface area contributed by atoms with E-state index in [-0.39, 0.29) is 0 Å². The molecule has 0 atom stereocenters. The molecule has 0 unspecified atom stereocenters. The van der Waals surface area contributed by atoms with Crippen LogP contribution in [0.5, 0.6) is 11.5 Å². The minimum atomic E-state index is -0.918. The minimum Gasteiger partial charge on any atom is -0.493 e. The van der Waals surface area contributed by atoms with Gasteiger partial charge in [0.25, 0.3) is 0 Å². The highest BCUT2D eigenvalue weighted by Gasteiger charge is 2.11. The molecule has 0 saturated carbocycles. The SMILES string of the molecule is COc1ccc(CCN(CCCN)C(=O)O)cc1OC. The number of carboxylic acid groups (broad SMARTS) is 1. The van der Waals surface area contributed by atoms with E-state index in [0.29, 0.717) is 44.0 Å². The first-order valence-corrected chi connectivity index (χ1v) is 6.51. The third-order valence-corrected chi connectivity index (χ3v) is 3.02. The number of rotatable bonds is 8. The molecule has 6 heteroatoms. The zero-order chi connectivity index (χ0) is 15.0. The maximum atomic E-state index is 11.1. The molecular weight excluding hydrogens is 260 g/mol. The van der Waals surface area contributed by atoms with Gasteiger partial charge < -0.3 is 25.2 Å². The second kappa shape index (κ2) is 8.27. The number of nitrogens with two attached hydrogens (primary N) is 1. The Labute approximate surface area is 119 Å². The lowest BCUT2D eigenvalue weighted by Crippen LogP contribution is -2.33. The van der Waals surface area contributed by atoms with Crippen LogP contribution in [0.3, 0.4) is 0 Å². The maximum Gasteiger partial charge on any atom is 0.407 e. The van der Waals surface area contributed by atoms with E-state index in [9.17, 15) is 4.79 Å². The summed E-state index contributed by atoms with van der Waals surface area (Å²) in [5.41, 5.74) is 6.41. The fourth-order valence-corrected chi connectivity index (χ4v) is 1.89. The van der Waals surface area contributed by atoms with Gasteiger partial charge in [-0.05, 0) is 37.1 Å². The lowest BCUT2D eigenvalue weighted by molar-refractivity contribution is 0.145. The van der Waals surface area contributed by atoms with Gasteiger partial charge in [-0.25, -0.2) is 4.79 Å². The van der Waals surface area contributed by atoms with E-state index in [1.54, 1.807) is 14.2 Å².